The van der Waals surface area contributed by atoms with Crippen LogP contribution < -0.4 is 5.73 Å². The molecule has 4 rings (SSSR count). The summed E-state index contributed by atoms with van der Waals surface area (Å²) in [7, 11) is 0. The van der Waals surface area contributed by atoms with Crippen molar-refractivity contribution in [3.8, 4) is 0 Å². The van der Waals surface area contributed by atoms with Crippen LogP contribution in [-0.4, -0.2) is 29.9 Å². The Labute approximate surface area is 136 Å². The number of amides is 1. The van der Waals surface area contributed by atoms with Crippen molar-refractivity contribution in [3.05, 3.63) is 35.1 Å². The lowest BCUT2D eigenvalue weighted by atomic mass is 9.98. The van der Waals surface area contributed by atoms with Gasteiger partial charge in [-0.15, -0.1) is 0 Å². The molecule has 1 amide bonds. The van der Waals surface area contributed by atoms with Crippen LogP contribution in [0.3, 0.4) is 0 Å². The first-order valence-corrected chi connectivity index (χ1v) is 8.54. The third kappa shape index (κ3) is 2.36. The number of hydrogen-bond donors (Lipinski definition) is 1. The van der Waals surface area contributed by atoms with Gasteiger partial charge in [-0.2, -0.15) is 0 Å². The average Bonchev–Trinajstić information content (AvgIpc) is 3.20. The number of furan rings is 1. The highest BCUT2D eigenvalue weighted by Gasteiger charge is 2.42. The van der Waals surface area contributed by atoms with E-state index >= 15 is 0 Å². The van der Waals surface area contributed by atoms with Gasteiger partial charge in [-0.05, 0) is 49.7 Å². The Hall–Kier alpha value is -1.81. The van der Waals surface area contributed by atoms with Crippen molar-refractivity contribution in [1.29, 1.82) is 0 Å². The highest BCUT2D eigenvalue weighted by atomic mass is 16.3. The highest BCUT2D eigenvalue weighted by Crippen LogP contribution is 2.37. The zero-order valence-electron chi connectivity index (χ0n) is 13.8. The molecule has 2 heterocycles. The number of nitrogens with zero attached hydrogens (tertiary/aromatic N) is 1. The maximum Gasteiger partial charge on any atom is 0.227 e. The molecule has 1 aliphatic heterocycles. The van der Waals surface area contributed by atoms with Crippen LogP contribution in [0.4, 0.5) is 0 Å². The number of benzene rings is 1. The third-order valence-electron chi connectivity index (χ3n) is 5.95. The van der Waals surface area contributed by atoms with Gasteiger partial charge in [-0.1, -0.05) is 12.1 Å². The van der Waals surface area contributed by atoms with E-state index in [1.165, 1.54) is 12.0 Å². The molecule has 2 N–H and O–H groups in total. The van der Waals surface area contributed by atoms with E-state index in [1.807, 2.05) is 4.90 Å². The Morgan fingerprint density at radius 1 is 1.30 bits per heavy atom. The van der Waals surface area contributed by atoms with Gasteiger partial charge in [0.2, 0.25) is 5.91 Å². The molecule has 2 aliphatic rings. The van der Waals surface area contributed by atoms with Crippen LogP contribution in [0.15, 0.2) is 22.8 Å². The fraction of sp³-hybridized carbons (Fsp3) is 0.526. The summed E-state index contributed by atoms with van der Waals surface area (Å²) in [5, 5.41) is 1.07. The van der Waals surface area contributed by atoms with Gasteiger partial charge < -0.3 is 15.1 Å². The van der Waals surface area contributed by atoms with E-state index in [0.717, 1.165) is 41.6 Å². The molecule has 2 fully saturated rings. The standard InChI is InChI=1S/C19H24N2O2/c1-11-3-5-15-14(10-23-19(15)12(11)2)7-18(22)21-8-13-4-6-17(20)16(13)9-21/h3,5,10,13,16-17H,4,6-9,20H2,1-2H3. The first-order chi connectivity index (χ1) is 11.0. The van der Waals surface area contributed by atoms with E-state index in [9.17, 15) is 4.79 Å². The van der Waals surface area contributed by atoms with Crippen molar-refractivity contribution < 1.29 is 9.21 Å². The Balaban J connectivity index is 1.53. The van der Waals surface area contributed by atoms with Crippen LogP contribution >= 0.6 is 0 Å². The van der Waals surface area contributed by atoms with E-state index in [0.29, 0.717) is 18.3 Å². The molecule has 1 aromatic carbocycles. The second-order valence-corrected chi connectivity index (χ2v) is 7.29. The molecular weight excluding hydrogens is 288 g/mol. The summed E-state index contributed by atoms with van der Waals surface area (Å²) >= 11 is 0. The van der Waals surface area contributed by atoms with Crippen molar-refractivity contribution >= 4 is 16.9 Å². The maximum atomic E-state index is 12.7. The van der Waals surface area contributed by atoms with E-state index < -0.39 is 0 Å². The van der Waals surface area contributed by atoms with Crippen LogP contribution in [0, 0.1) is 25.7 Å². The smallest absolute Gasteiger partial charge is 0.227 e. The van der Waals surface area contributed by atoms with Crippen LogP contribution in [-0.2, 0) is 11.2 Å². The molecule has 3 unspecified atom stereocenters. The third-order valence-corrected chi connectivity index (χ3v) is 5.95. The van der Waals surface area contributed by atoms with Crippen LogP contribution in [0.1, 0.15) is 29.5 Å². The molecule has 23 heavy (non-hydrogen) atoms. The number of rotatable bonds is 2. The largest absolute Gasteiger partial charge is 0.464 e. The second-order valence-electron chi connectivity index (χ2n) is 7.29. The fourth-order valence-corrected chi connectivity index (χ4v) is 4.31. The first kappa shape index (κ1) is 14.8. The van der Waals surface area contributed by atoms with Gasteiger partial charge in [-0.3, -0.25) is 4.79 Å². The topological polar surface area (TPSA) is 59.5 Å². The SMILES string of the molecule is Cc1ccc2c(CC(=O)N3CC4CCC(N)C4C3)coc2c1C. The summed E-state index contributed by atoms with van der Waals surface area (Å²) in [4.78, 5) is 14.7. The number of hydrogen-bond acceptors (Lipinski definition) is 3. The molecule has 122 valence electrons. The number of aryl methyl sites for hydroxylation is 2. The lowest BCUT2D eigenvalue weighted by molar-refractivity contribution is -0.129. The van der Waals surface area contributed by atoms with Gasteiger partial charge in [0, 0.05) is 30.1 Å². The quantitative estimate of drug-likeness (QED) is 0.927. The molecule has 1 saturated heterocycles. The molecule has 0 bridgehead atoms. The number of carbonyl (C=O) groups excluding carboxylic acids is 1. The van der Waals surface area contributed by atoms with Crippen molar-refractivity contribution in [2.45, 2.75) is 39.2 Å². The lowest BCUT2D eigenvalue weighted by Crippen LogP contribution is -2.34. The highest BCUT2D eigenvalue weighted by molar-refractivity contribution is 5.89. The number of likely N-dealkylation sites (tertiary alicyclic amines) is 1. The number of nitrogens with two attached hydrogens (primary N) is 1. The van der Waals surface area contributed by atoms with Crippen molar-refractivity contribution in [1.82, 2.24) is 4.90 Å². The summed E-state index contributed by atoms with van der Waals surface area (Å²) in [6.07, 6.45) is 4.45. The summed E-state index contributed by atoms with van der Waals surface area (Å²) in [6, 6.07) is 4.44. The summed E-state index contributed by atoms with van der Waals surface area (Å²) in [5.74, 6) is 1.32. The van der Waals surface area contributed by atoms with Gasteiger partial charge in [0.15, 0.2) is 0 Å². The summed E-state index contributed by atoms with van der Waals surface area (Å²) < 4.78 is 5.73. The molecular formula is C19H24N2O2. The number of fused-ring (bicyclic) bond motifs is 2. The zero-order valence-corrected chi connectivity index (χ0v) is 13.8. The minimum absolute atomic E-state index is 0.201. The molecule has 0 radical (unpaired) electrons. The van der Waals surface area contributed by atoms with Gasteiger partial charge in [0.05, 0.1) is 12.7 Å². The first-order valence-electron chi connectivity index (χ1n) is 8.54. The van der Waals surface area contributed by atoms with Gasteiger partial charge in [0.25, 0.3) is 0 Å². The number of carbonyl (C=O) groups is 1. The van der Waals surface area contributed by atoms with E-state index in [2.05, 4.69) is 26.0 Å². The molecule has 2 aromatic rings. The van der Waals surface area contributed by atoms with E-state index in [1.54, 1.807) is 6.26 Å². The fourth-order valence-electron chi connectivity index (χ4n) is 4.31. The molecule has 1 saturated carbocycles. The minimum Gasteiger partial charge on any atom is -0.464 e. The van der Waals surface area contributed by atoms with Crippen molar-refractivity contribution in [2.24, 2.45) is 17.6 Å². The minimum atomic E-state index is 0.201. The van der Waals surface area contributed by atoms with Gasteiger partial charge in [0.1, 0.15) is 5.58 Å². The maximum absolute atomic E-state index is 12.7. The molecule has 3 atom stereocenters. The summed E-state index contributed by atoms with van der Waals surface area (Å²) in [6.45, 7) is 5.86. The van der Waals surface area contributed by atoms with Crippen molar-refractivity contribution in [2.75, 3.05) is 13.1 Å². The Kier molecular flexibility index (Phi) is 3.45. The van der Waals surface area contributed by atoms with E-state index in [-0.39, 0.29) is 11.9 Å². The van der Waals surface area contributed by atoms with Crippen LogP contribution in [0.5, 0.6) is 0 Å². The predicted octanol–water partition coefficient (Wildman–Crippen LogP) is 2.79. The van der Waals surface area contributed by atoms with Crippen LogP contribution in [0.2, 0.25) is 0 Å². The Bertz CT molecular complexity index is 764. The second kappa shape index (κ2) is 5.38. The predicted molar refractivity (Wildman–Crippen MR) is 90.2 cm³/mol. The van der Waals surface area contributed by atoms with Crippen molar-refractivity contribution in [3.63, 3.8) is 0 Å². The molecule has 1 aromatic heterocycles. The Morgan fingerprint density at radius 2 is 2.13 bits per heavy atom. The van der Waals surface area contributed by atoms with Gasteiger partial charge in [-0.25, -0.2) is 0 Å². The average molecular weight is 312 g/mol. The molecule has 4 heteroatoms. The van der Waals surface area contributed by atoms with E-state index in [4.69, 9.17) is 10.2 Å². The summed E-state index contributed by atoms with van der Waals surface area (Å²) in [5.41, 5.74) is 10.4. The van der Waals surface area contributed by atoms with Crippen LogP contribution in [0.25, 0.3) is 11.0 Å². The zero-order chi connectivity index (χ0) is 16.1. The van der Waals surface area contributed by atoms with Gasteiger partial charge >= 0.3 is 0 Å². The molecule has 0 spiro atoms. The lowest BCUT2D eigenvalue weighted by Gasteiger charge is -2.18. The molecule has 4 nitrogen and oxygen atoms in total. The monoisotopic (exact) mass is 312 g/mol. The normalized spacial score (nSPS) is 26.9. The molecule has 1 aliphatic carbocycles. The Morgan fingerprint density at radius 3 is 2.91 bits per heavy atom.